The van der Waals surface area contributed by atoms with Crippen LogP contribution in [0.3, 0.4) is 0 Å². The van der Waals surface area contributed by atoms with Crippen LogP contribution < -0.4 is 14.2 Å². The minimum Gasteiger partial charge on any atom is -0.497 e. The Kier molecular flexibility index (Phi) is 15.3. The molecular formula is C43H53N2O8P. The Labute approximate surface area is 321 Å². The lowest BCUT2D eigenvalue weighted by Crippen LogP contribution is -2.42. The Morgan fingerprint density at radius 1 is 0.759 bits per heavy atom. The number of benzene rings is 4. The van der Waals surface area contributed by atoms with E-state index in [1.807, 2.05) is 91.0 Å². The van der Waals surface area contributed by atoms with E-state index in [9.17, 15) is 5.26 Å². The Morgan fingerprint density at radius 2 is 1.28 bits per heavy atom. The van der Waals surface area contributed by atoms with Gasteiger partial charge >= 0.3 is 0 Å². The largest absolute Gasteiger partial charge is 0.497 e. The number of ether oxygens (including phenoxy) is 6. The maximum absolute atomic E-state index is 9.35. The van der Waals surface area contributed by atoms with Crippen molar-refractivity contribution in [3.05, 3.63) is 125 Å². The minimum absolute atomic E-state index is 0.116. The molecule has 1 unspecified atom stereocenters. The molecule has 1 fully saturated rings. The first-order chi connectivity index (χ1) is 26.2. The van der Waals surface area contributed by atoms with Crippen molar-refractivity contribution in [2.45, 2.75) is 76.7 Å². The first kappa shape index (κ1) is 41.1. The highest BCUT2D eigenvalue weighted by atomic mass is 31.2. The van der Waals surface area contributed by atoms with E-state index in [1.165, 1.54) is 0 Å². The van der Waals surface area contributed by atoms with E-state index in [1.54, 1.807) is 21.3 Å². The predicted octanol–water partition coefficient (Wildman–Crippen LogP) is 8.67. The molecule has 288 valence electrons. The van der Waals surface area contributed by atoms with E-state index in [0.717, 1.165) is 39.5 Å². The van der Waals surface area contributed by atoms with Crippen molar-refractivity contribution in [2.75, 3.05) is 41.2 Å². The van der Waals surface area contributed by atoms with Gasteiger partial charge in [-0.25, -0.2) is 4.67 Å². The molecule has 4 aromatic rings. The lowest BCUT2D eigenvalue weighted by Gasteiger charge is -2.39. The number of hydrogen-bond acceptors (Lipinski definition) is 10. The molecule has 11 heteroatoms. The molecule has 10 nitrogen and oxygen atoms in total. The summed E-state index contributed by atoms with van der Waals surface area (Å²) < 4.78 is 52.4. The van der Waals surface area contributed by atoms with Gasteiger partial charge in [-0.1, -0.05) is 66.7 Å². The molecule has 5 rings (SSSR count). The molecule has 54 heavy (non-hydrogen) atoms. The molecule has 1 aliphatic heterocycles. The summed E-state index contributed by atoms with van der Waals surface area (Å²) in [7, 11) is 3.35. The lowest BCUT2D eigenvalue weighted by molar-refractivity contribution is -0.0726. The zero-order valence-electron chi connectivity index (χ0n) is 32.3. The molecule has 4 atom stereocenters. The van der Waals surface area contributed by atoms with Gasteiger partial charge in [-0.2, -0.15) is 5.26 Å². The Balaban J connectivity index is 1.53. The van der Waals surface area contributed by atoms with Crippen LogP contribution in [0.25, 0.3) is 0 Å². The summed E-state index contributed by atoms with van der Waals surface area (Å²) in [4.78, 5) is 0. The third kappa shape index (κ3) is 9.98. The number of rotatable bonds is 20. The third-order valence-electron chi connectivity index (χ3n) is 9.34. The molecule has 0 radical (unpaired) electrons. The van der Waals surface area contributed by atoms with Crippen molar-refractivity contribution in [1.29, 1.82) is 5.26 Å². The average molecular weight is 757 g/mol. The van der Waals surface area contributed by atoms with Gasteiger partial charge in [0.2, 0.25) is 0 Å². The van der Waals surface area contributed by atoms with E-state index in [2.05, 4.69) is 50.6 Å². The van der Waals surface area contributed by atoms with Gasteiger partial charge < -0.3 is 37.5 Å². The van der Waals surface area contributed by atoms with Crippen molar-refractivity contribution < 1.29 is 37.5 Å². The fraction of sp³-hybridized carbons (Fsp3) is 0.419. The van der Waals surface area contributed by atoms with Crippen molar-refractivity contribution in [3.63, 3.8) is 0 Å². The molecule has 1 aliphatic rings. The van der Waals surface area contributed by atoms with Crippen LogP contribution in [0.1, 0.15) is 56.4 Å². The normalized spacial score (nSPS) is 17.8. The summed E-state index contributed by atoms with van der Waals surface area (Å²) in [5.41, 5.74) is 2.71. The summed E-state index contributed by atoms with van der Waals surface area (Å²) in [5, 5.41) is 9.35. The molecular weight excluding hydrogens is 703 g/mol. The molecule has 1 saturated heterocycles. The van der Waals surface area contributed by atoms with Crippen LogP contribution in [-0.4, -0.2) is 76.2 Å². The van der Waals surface area contributed by atoms with Crippen molar-refractivity contribution >= 4 is 8.53 Å². The SMILES string of the molecule is COc1ccc(CO[C@H]2CO[C@H](COC(c3ccccc3)(c3ccc(OC)cc3)c3ccc(OC)cc3)[C@H]2OP(OCCC#N)N(C(C)C)C(C)C)cc1. The number of methoxy groups -OCH3 is 3. The second kappa shape index (κ2) is 20.0. The van der Waals surface area contributed by atoms with Crippen LogP contribution in [0.4, 0.5) is 0 Å². The molecule has 4 aromatic carbocycles. The van der Waals surface area contributed by atoms with E-state index in [4.69, 9.17) is 37.5 Å². The van der Waals surface area contributed by atoms with Crippen LogP contribution >= 0.6 is 8.53 Å². The summed E-state index contributed by atoms with van der Waals surface area (Å²) in [5.74, 6) is 2.26. The third-order valence-corrected chi connectivity index (χ3v) is 11.5. The van der Waals surface area contributed by atoms with Crippen LogP contribution in [0, 0.1) is 11.3 Å². The maximum atomic E-state index is 9.35. The number of hydrogen-bond donors (Lipinski definition) is 0. The first-order valence-electron chi connectivity index (χ1n) is 18.3. The zero-order valence-corrected chi connectivity index (χ0v) is 33.2. The highest BCUT2D eigenvalue weighted by Crippen LogP contribution is 2.50. The van der Waals surface area contributed by atoms with Gasteiger partial charge in [-0.15, -0.1) is 0 Å². The number of nitriles is 1. The molecule has 0 spiro atoms. The predicted molar refractivity (Wildman–Crippen MR) is 210 cm³/mol. The van der Waals surface area contributed by atoms with E-state index >= 15 is 0 Å². The molecule has 0 amide bonds. The second-order valence-corrected chi connectivity index (χ2v) is 14.9. The highest BCUT2D eigenvalue weighted by Gasteiger charge is 2.46. The molecule has 0 aromatic heterocycles. The van der Waals surface area contributed by atoms with Crippen LogP contribution in [0.15, 0.2) is 103 Å². The second-order valence-electron chi connectivity index (χ2n) is 13.5. The van der Waals surface area contributed by atoms with Crippen molar-refractivity contribution in [1.82, 2.24) is 4.67 Å². The molecule has 0 bridgehead atoms. The van der Waals surface area contributed by atoms with Crippen molar-refractivity contribution in [2.24, 2.45) is 0 Å². The number of nitrogens with zero attached hydrogens (tertiary/aromatic N) is 2. The minimum atomic E-state index is -1.61. The van der Waals surface area contributed by atoms with Crippen LogP contribution in [0.5, 0.6) is 17.2 Å². The van der Waals surface area contributed by atoms with E-state index in [-0.39, 0.29) is 31.7 Å². The monoisotopic (exact) mass is 756 g/mol. The Bertz CT molecular complexity index is 1680. The maximum Gasteiger partial charge on any atom is 0.259 e. The van der Waals surface area contributed by atoms with Gasteiger partial charge in [0.15, 0.2) is 0 Å². The van der Waals surface area contributed by atoms with Gasteiger partial charge in [0.05, 0.1) is 60.2 Å². The standard InChI is InChI=1S/C43H53N2O8P/c1-31(2)45(32(3)4)54(52-27-11-26-44)53-42-40(49-28-33-14-20-37(46-5)21-15-33)29-50-41(42)30-51-43(34-12-9-8-10-13-34,35-16-22-38(47-6)23-17-35)36-18-24-39(48-7)25-19-36/h8-10,12-25,31-32,40-42H,11,27-30H2,1-7H3/t40-,41+,42-,54?/m0/s1. The summed E-state index contributed by atoms with van der Waals surface area (Å²) in [6.07, 6.45) is -1.27. The summed E-state index contributed by atoms with van der Waals surface area (Å²) in [6.45, 7) is 9.52. The average Bonchev–Trinajstić information content (AvgIpc) is 3.58. The van der Waals surface area contributed by atoms with Gasteiger partial charge in [-0.3, -0.25) is 0 Å². The molecule has 0 aliphatic carbocycles. The topological polar surface area (TPSA) is 101 Å². The van der Waals surface area contributed by atoms with E-state index in [0.29, 0.717) is 13.2 Å². The fourth-order valence-corrected chi connectivity index (χ4v) is 8.46. The summed E-state index contributed by atoms with van der Waals surface area (Å²) >= 11 is 0. The highest BCUT2D eigenvalue weighted by molar-refractivity contribution is 7.44. The lowest BCUT2D eigenvalue weighted by atomic mass is 9.80. The molecule has 0 saturated carbocycles. The summed E-state index contributed by atoms with van der Waals surface area (Å²) in [6, 6.07) is 36.3. The van der Waals surface area contributed by atoms with Gasteiger partial charge in [0.25, 0.3) is 8.53 Å². The fourth-order valence-electron chi connectivity index (χ4n) is 6.67. The van der Waals surface area contributed by atoms with Crippen molar-refractivity contribution in [3.8, 4) is 23.3 Å². The zero-order chi connectivity index (χ0) is 38.5. The van der Waals surface area contributed by atoms with E-state index < -0.39 is 32.4 Å². The smallest absolute Gasteiger partial charge is 0.259 e. The van der Waals surface area contributed by atoms with Gasteiger partial charge in [-0.05, 0) is 86.3 Å². The van der Waals surface area contributed by atoms with Crippen LogP contribution in [-0.2, 0) is 35.5 Å². The molecule has 0 N–H and O–H groups in total. The first-order valence-corrected chi connectivity index (χ1v) is 19.5. The Hall–Kier alpha value is -4.04. The van der Waals surface area contributed by atoms with Crippen LogP contribution in [0.2, 0.25) is 0 Å². The molecule has 1 heterocycles. The quantitative estimate of drug-likeness (QED) is 0.0495. The van der Waals surface area contributed by atoms with Gasteiger partial charge in [0, 0.05) is 12.1 Å². The van der Waals surface area contributed by atoms with Gasteiger partial charge in [0.1, 0.15) is 41.2 Å². The Morgan fingerprint density at radius 3 is 1.78 bits per heavy atom.